The zero-order valence-corrected chi connectivity index (χ0v) is 16.2. The lowest BCUT2D eigenvalue weighted by Crippen LogP contribution is -2.18. The fourth-order valence-electron chi connectivity index (χ4n) is 3.49. The molecule has 0 unspecified atom stereocenters. The molecule has 0 atom stereocenters. The Hall–Kier alpha value is -3.73. The van der Waals surface area contributed by atoms with Gasteiger partial charge in [-0.2, -0.15) is 5.10 Å². The number of nitrogens with one attached hydrogen (secondary N) is 1. The molecule has 144 valence electrons. The standard InChI is InChI=1S/C24H20FN3O/c1-16-13-23(17(2)28(16)22-11-9-21(25)10-12-22)24(29)27-26-15-18-7-8-19-5-3-4-6-20(19)14-18/h3-15H,1-2H3,(H,27,29)/b26-15+. The van der Waals surface area contributed by atoms with E-state index in [4.69, 9.17) is 0 Å². The number of amides is 1. The first-order chi connectivity index (χ1) is 14.0. The summed E-state index contributed by atoms with van der Waals surface area (Å²) in [7, 11) is 0. The summed E-state index contributed by atoms with van der Waals surface area (Å²) in [6.07, 6.45) is 1.63. The van der Waals surface area contributed by atoms with Gasteiger partial charge in [-0.3, -0.25) is 4.79 Å². The van der Waals surface area contributed by atoms with Gasteiger partial charge in [-0.15, -0.1) is 0 Å². The van der Waals surface area contributed by atoms with E-state index in [1.165, 1.54) is 12.1 Å². The number of hydrogen-bond donors (Lipinski definition) is 1. The normalized spacial score (nSPS) is 11.3. The van der Waals surface area contributed by atoms with E-state index < -0.39 is 0 Å². The molecule has 0 radical (unpaired) electrons. The van der Waals surface area contributed by atoms with Gasteiger partial charge in [-0.05, 0) is 66.6 Å². The van der Waals surface area contributed by atoms with Crippen LogP contribution in [-0.2, 0) is 0 Å². The minimum Gasteiger partial charge on any atom is -0.318 e. The molecule has 1 aromatic heterocycles. The summed E-state index contributed by atoms with van der Waals surface area (Å²) in [6, 6.07) is 22.1. The van der Waals surface area contributed by atoms with Crippen LogP contribution in [0.5, 0.6) is 0 Å². The first-order valence-electron chi connectivity index (χ1n) is 9.30. The van der Waals surface area contributed by atoms with Crippen molar-refractivity contribution in [1.29, 1.82) is 0 Å². The second-order valence-electron chi connectivity index (χ2n) is 6.90. The van der Waals surface area contributed by atoms with E-state index in [1.807, 2.05) is 54.8 Å². The lowest BCUT2D eigenvalue weighted by atomic mass is 10.1. The van der Waals surface area contributed by atoms with Gasteiger partial charge in [-0.1, -0.05) is 36.4 Å². The molecule has 3 aromatic carbocycles. The number of nitrogens with zero attached hydrogens (tertiary/aromatic N) is 2. The quantitative estimate of drug-likeness (QED) is 0.383. The molecule has 0 saturated carbocycles. The maximum atomic E-state index is 13.2. The minimum atomic E-state index is -0.294. The second kappa shape index (κ2) is 7.72. The molecule has 4 rings (SSSR count). The number of hydrazone groups is 1. The smallest absolute Gasteiger partial charge is 0.273 e. The van der Waals surface area contributed by atoms with Gasteiger partial charge in [0.2, 0.25) is 0 Å². The third-order valence-corrected chi connectivity index (χ3v) is 4.91. The molecule has 0 bridgehead atoms. The van der Waals surface area contributed by atoms with Crippen LogP contribution in [0.2, 0.25) is 0 Å². The maximum absolute atomic E-state index is 13.2. The largest absolute Gasteiger partial charge is 0.318 e. The molecule has 0 aliphatic heterocycles. The van der Waals surface area contributed by atoms with Crippen molar-refractivity contribution in [1.82, 2.24) is 9.99 Å². The van der Waals surface area contributed by atoms with Crippen LogP contribution in [0.1, 0.15) is 27.3 Å². The molecule has 1 amide bonds. The molecule has 29 heavy (non-hydrogen) atoms. The van der Waals surface area contributed by atoms with Crippen molar-refractivity contribution in [3.63, 3.8) is 0 Å². The van der Waals surface area contributed by atoms with Crippen molar-refractivity contribution in [3.8, 4) is 5.69 Å². The monoisotopic (exact) mass is 385 g/mol. The van der Waals surface area contributed by atoms with E-state index in [1.54, 1.807) is 24.4 Å². The predicted octanol–water partition coefficient (Wildman–Crippen LogP) is 5.15. The Morgan fingerprint density at radius 2 is 1.69 bits per heavy atom. The molecule has 5 heteroatoms. The molecular weight excluding hydrogens is 365 g/mol. The molecule has 0 aliphatic rings. The highest BCUT2D eigenvalue weighted by molar-refractivity contribution is 5.97. The van der Waals surface area contributed by atoms with E-state index in [0.717, 1.165) is 33.4 Å². The van der Waals surface area contributed by atoms with Crippen molar-refractivity contribution in [2.24, 2.45) is 5.10 Å². The molecule has 0 saturated heterocycles. The lowest BCUT2D eigenvalue weighted by Gasteiger charge is -2.09. The van der Waals surface area contributed by atoms with Crippen LogP contribution < -0.4 is 5.43 Å². The van der Waals surface area contributed by atoms with Crippen molar-refractivity contribution < 1.29 is 9.18 Å². The van der Waals surface area contributed by atoms with Gasteiger partial charge in [0.1, 0.15) is 5.82 Å². The van der Waals surface area contributed by atoms with Crippen molar-refractivity contribution in [2.75, 3.05) is 0 Å². The molecule has 4 aromatic rings. The summed E-state index contributed by atoms with van der Waals surface area (Å²) in [5.41, 5.74) is 6.49. The van der Waals surface area contributed by atoms with Crippen LogP contribution in [0, 0.1) is 19.7 Å². The highest BCUT2D eigenvalue weighted by Gasteiger charge is 2.16. The number of benzene rings is 3. The van der Waals surface area contributed by atoms with Gasteiger partial charge in [0.25, 0.3) is 5.91 Å². The highest BCUT2D eigenvalue weighted by atomic mass is 19.1. The summed E-state index contributed by atoms with van der Waals surface area (Å²) < 4.78 is 15.1. The van der Waals surface area contributed by atoms with Gasteiger partial charge < -0.3 is 4.57 Å². The summed E-state index contributed by atoms with van der Waals surface area (Å²) in [4.78, 5) is 12.6. The lowest BCUT2D eigenvalue weighted by molar-refractivity contribution is 0.0954. The van der Waals surface area contributed by atoms with Crippen molar-refractivity contribution in [2.45, 2.75) is 13.8 Å². The van der Waals surface area contributed by atoms with Gasteiger partial charge in [0.15, 0.2) is 0 Å². The molecular formula is C24H20FN3O. The van der Waals surface area contributed by atoms with Crippen LogP contribution in [-0.4, -0.2) is 16.7 Å². The Kier molecular flexibility index (Phi) is 4.96. The number of halogens is 1. The van der Waals surface area contributed by atoms with Crippen LogP contribution in [0.25, 0.3) is 16.5 Å². The van der Waals surface area contributed by atoms with Crippen LogP contribution >= 0.6 is 0 Å². The number of aryl methyl sites for hydroxylation is 1. The number of carbonyl (C=O) groups is 1. The number of fused-ring (bicyclic) bond motifs is 1. The van der Waals surface area contributed by atoms with Gasteiger partial charge in [0.05, 0.1) is 11.8 Å². The predicted molar refractivity (Wildman–Crippen MR) is 114 cm³/mol. The molecule has 1 N–H and O–H groups in total. The molecule has 0 spiro atoms. The zero-order valence-electron chi connectivity index (χ0n) is 16.2. The Morgan fingerprint density at radius 1 is 0.966 bits per heavy atom. The fraction of sp³-hybridized carbons (Fsp3) is 0.0833. The number of aromatic nitrogens is 1. The number of rotatable bonds is 4. The van der Waals surface area contributed by atoms with Gasteiger partial charge in [0, 0.05) is 17.1 Å². The Morgan fingerprint density at radius 3 is 2.45 bits per heavy atom. The van der Waals surface area contributed by atoms with Crippen molar-refractivity contribution in [3.05, 3.63) is 101 Å². The number of carbonyl (C=O) groups excluding carboxylic acids is 1. The third-order valence-electron chi connectivity index (χ3n) is 4.91. The average molecular weight is 385 g/mol. The van der Waals surface area contributed by atoms with Crippen LogP contribution in [0.4, 0.5) is 4.39 Å². The second-order valence-corrected chi connectivity index (χ2v) is 6.90. The first kappa shape index (κ1) is 18.6. The van der Waals surface area contributed by atoms with Crippen LogP contribution in [0.15, 0.2) is 77.9 Å². The van der Waals surface area contributed by atoms with Crippen LogP contribution in [0.3, 0.4) is 0 Å². The van der Waals surface area contributed by atoms with Gasteiger partial charge >= 0.3 is 0 Å². The third kappa shape index (κ3) is 3.80. The number of hydrogen-bond acceptors (Lipinski definition) is 2. The van der Waals surface area contributed by atoms with Gasteiger partial charge in [-0.25, -0.2) is 9.82 Å². The molecule has 4 nitrogen and oxygen atoms in total. The highest BCUT2D eigenvalue weighted by Crippen LogP contribution is 2.21. The Labute approximate surface area is 168 Å². The minimum absolute atomic E-state index is 0.288. The first-order valence-corrected chi connectivity index (χ1v) is 9.30. The molecule has 0 fully saturated rings. The topological polar surface area (TPSA) is 46.4 Å². The molecule has 0 aliphatic carbocycles. The SMILES string of the molecule is Cc1cc(C(=O)N/N=C/c2ccc3ccccc3c2)c(C)n1-c1ccc(F)cc1. The fourth-order valence-corrected chi connectivity index (χ4v) is 3.49. The summed E-state index contributed by atoms with van der Waals surface area (Å²) >= 11 is 0. The maximum Gasteiger partial charge on any atom is 0.273 e. The van der Waals surface area contributed by atoms with E-state index in [9.17, 15) is 9.18 Å². The van der Waals surface area contributed by atoms with E-state index in [2.05, 4.69) is 16.6 Å². The Bertz CT molecular complexity index is 1220. The summed E-state index contributed by atoms with van der Waals surface area (Å²) in [5.74, 6) is -0.583. The van der Waals surface area contributed by atoms with Crippen molar-refractivity contribution >= 4 is 22.9 Å². The van der Waals surface area contributed by atoms with E-state index >= 15 is 0 Å². The summed E-state index contributed by atoms with van der Waals surface area (Å²) in [6.45, 7) is 3.77. The average Bonchev–Trinajstić information content (AvgIpc) is 3.03. The molecule has 1 heterocycles. The zero-order chi connectivity index (χ0) is 20.4. The van der Waals surface area contributed by atoms with E-state index in [-0.39, 0.29) is 11.7 Å². The Balaban J connectivity index is 1.53. The summed E-state index contributed by atoms with van der Waals surface area (Å²) in [5, 5.41) is 6.38. The van der Waals surface area contributed by atoms with E-state index in [0.29, 0.717) is 5.56 Å².